The van der Waals surface area contributed by atoms with E-state index in [1.807, 2.05) is 0 Å². The highest BCUT2D eigenvalue weighted by Gasteiger charge is 2.20. The Morgan fingerprint density at radius 1 is 0.690 bits per heavy atom. The minimum Gasteiger partial charge on any atom is -0.316 e. The molecule has 29 heavy (non-hydrogen) atoms. The molecule has 0 atom stereocenters. The van der Waals surface area contributed by atoms with E-state index in [1.165, 1.54) is 48.5 Å². The lowest BCUT2D eigenvalue weighted by Gasteiger charge is -2.05. The number of amides is 2. The maximum atomic E-state index is 12.4. The van der Waals surface area contributed by atoms with Gasteiger partial charge in [-0.2, -0.15) is 0 Å². The van der Waals surface area contributed by atoms with E-state index in [-0.39, 0.29) is 32.5 Å². The van der Waals surface area contributed by atoms with Crippen molar-refractivity contribution in [2.24, 2.45) is 0 Å². The Bertz CT molecular complexity index is 1040. The van der Waals surface area contributed by atoms with Crippen LogP contribution in [-0.2, 0) is 0 Å². The lowest BCUT2D eigenvalue weighted by atomic mass is 10.2. The minimum absolute atomic E-state index is 0.0295. The van der Waals surface area contributed by atoms with Gasteiger partial charge in [0, 0.05) is 12.1 Å². The molecular weight excluding hydrogens is 400 g/mol. The number of anilines is 2. The number of nitrogens with one attached hydrogen (secondary N) is 2. The van der Waals surface area contributed by atoms with Gasteiger partial charge in [0.15, 0.2) is 0 Å². The topological polar surface area (TPSA) is 144 Å². The summed E-state index contributed by atoms with van der Waals surface area (Å²) >= 11 is 0.852. The number of carbonyl (C=O) groups excluding carboxylic acids is 2. The Balaban J connectivity index is 1.76. The molecule has 146 valence electrons. The van der Waals surface area contributed by atoms with E-state index in [4.69, 9.17) is 0 Å². The van der Waals surface area contributed by atoms with Crippen LogP contribution in [0.25, 0.3) is 0 Å². The van der Waals surface area contributed by atoms with Crippen LogP contribution < -0.4 is 10.6 Å². The molecular formula is C18H12N4O6S. The van der Waals surface area contributed by atoms with Gasteiger partial charge < -0.3 is 10.6 Å². The van der Waals surface area contributed by atoms with E-state index in [0.29, 0.717) is 0 Å². The summed E-state index contributed by atoms with van der Waals surface area (Å²) in [6, 6.07) is 14.1. The van der Waals surface area contributed by atoms with Crippen LogP contribution in [0.15, 0.2) is 60.7 Å². The molecule has 10 nitrogen and oxygen atoms in total. The molecule has 3 rings (SSSR count). The van der Waals surface area contributed by atoms with E-state index >= 15 is 0 Å². The van der Waals surface area contributed by atoms with Gasteiger partial charge in [0.2, 0.25) is 0 Å². The van der Waals surface area contributed by atoms with Crippen molar-refractivity contribution in [1.29, 1.82) is 0 Å². The molecule has 11 heteroatoms. The number of nitro benzene ring substituents is 2. The largest absolute Gasteiger partial charge is 0.316 e. The predicted octanol–water partition coefficient (Wildman–Crippen LogP) is 4.07. The molecule has 0 aliphatic heterocycles. The van der Waals surface area contributed by atoms with Gasteiger partial charge in [-0.15, -0.1) is 11.3 Å². The van der Waals surface area contributed by atoms with Crippen molar-refractivity contribution >= 4 is 45.9 Å². The van der Waals surface area contributed by atoms with E-state index in [2.05, 4.69) is 10.6 Å². The van der Waals surface area contributed by atoms with Gasteiger partial charge >= 0.3 is 0 Å². The molecule has 0 saturated heterocycles. The maximum Gasteiger partial charge on any atom is 0.292 e. The van der Waals surface area contributed by atoms with Gasteiger partial charge in [-0.25, -0.2) is 0 Å². The number of hydrogen-bond acceptors (Lipinski definition) is 7. The van der Waals surface area contributed by atoms with E-state index in [9.17, 15) is 29.8 Å². The van der Waals surface area contributed by atoms with Crippen molar-refractivity contribution < 1.29 is 19.4 Å². The molecule has 0 fully saturated rings. The van der Waals surface area contributed by atoms with Crippen LogP contribution in [0.5, 0.6) is 0 Å². The first-order valence-electron chi connectivity index (χ1n) is 8.06. The normalized spacial score (nSPS) is 10.2. The second kappa shape index (κ2) is 8.27. The van der Waals surface area contributed by atoms with Crippen LogP contribution in [0, 0.1) is 20.2 Å². The first-order valence-corrected chi connectivity index (χ1v) is 8.88. The zero-order valence-corrected chi connectivity index (χ0v) is 15.3. The Kier molecular flexibility index (Phi) is 5.60. The quantitative estimate of drug-likeness (QED) is 0.461. The Hall–Kier alpha value is -4.12. The lowest BCUT2D eigenvalue weighted by molar-refractivity contribution is -0.384. The smallest absolute Gasteiger partial charge is 0.292 e. The molecule has 0 aliphatic carbocycles. The van der Waals surface area contributed by atoms with Crippen LogP contribution in [-0.4, -0.2) is 21.7 Å². The van der Waals surface area contributed by atoms with Crippen molar-refractivity contribution in [2.45, 2.75) is 0 Å². The Morgan fingerprint density at radius 3 is 1.45 bits per heavy atom. The third-order valence-corrected chi connectivity index (χ3v) is 4.83. The van der Waals surface area contributed by atoms with Crippen LogP contribution in [0.2, 0.25) is 0 Å². The summed E-state index contributed by atoms with van der Waals surface area (Å²) in [5, 5.41) is 27.0. The average Bonchev–Trinajstić information content (AvgIpc) is 3.19. The molecule has 0 bridgehead atoms. The van der Waals surface area contributed by atoms with Crippen LogP contribution in [0.3, 0.4) is 0 Å². The maximum absolute atomic E-state index is 12.4. The fourth-order valence-corrected chi connectivity index (χ4v) is 3.22. The van der Waals surface area contributed by atoms with Gasteiger partial charge in [-0.05, 0) is 24.3 Å². The SMILES string of the molecule is O=C(Nc1ccccc1[N+](=O)[O-])c1ccc(C(=O)Nc2ccccc2[N+](=O)[O-])s1. The summed E-state index contributed by atoms with van der Waals surface area (Å²) in [6.07, 6.45) is 0. The highest BCUT2D eigenvalue weighted by Crippen LogP contribution is 2.27. The van der Waals surface area contributed by atoms with Crippen molar-refractivity contribution in [3.8, 4) is 0 Å². The number of nitrogens with zero attached hydrogens (tertiary/aromatic N) is 2. The second-order valence-electron chi connectivity index (χ2n) is 5.62. The molecule has 0 unspecified atom stereocenters. The molecule has 2 N–H and O–H groups in total. The molecule has 1 heterocycles. The predicted molar refractivity (Wildman–Crippen MR) is 106 cm³/mol. The summed E-state index contributed by atoms with van der Waals surface area (Å²) in [5.41, 5.74) is -0.456. The molecule has 3 aromatic rings. The number of rotatable bonds is 6. The summed E-state index contributed by atoms with van der Waals surface area (Å²) in [5.74, 6) is -1.23. The number of carbonyl (C=O) groups is 2. The zero-order chi connectivity index (χ0) is 21.0. The lowest BCUT2D eigenvalue weighted by Crippen LogP contribution is -2.12. The monoisotopic (exact) mass is 412 g/mol. The summed E-state index contributed by atoms with van der Waals surface area (Å²) in [7, 11) is 0. The number of nitro groups is 2. The van der Waals surface area contributed by atoms with Crippen LogP contribution in [0.4, 0.5) is 22.7 Å². The fraction of sp³-hybridized carbons (Fsp3) is 0. The Labute approximate surface area is 167 Å². The number of thiophene rings is 1. The molecule has 0 saturated carbocycles. The summed E-state index contributed by atoms with van der Waals surface area (Å²) < 4.78 is 0. The van der Waals surface area contributed by atoms with Gasteiger partial charge in [0.05, 0.1) is 19.6 Å². The van der Waals surface area contributed by atoms with Gasteiger partial charge in [-0.1, -0.05) is 24.3 Å². The van der Waals surface area contributed by atoms with Gasteiger partial charge in [0.25, 0.3) is 23.2 Å². The molecule has 1 aromatic heterocycles. The van der Waals surface area contributed by atoms with E-state index in [0.717, 1.165) is 11.3 Å². The first-order chi connectivity index (χ1) is 13.9. The van der Waals surface area contributed by atoms with Gasteiger partial charge in [0.1, 0.15) is 11.4 Å². The molecule has 2 amide bonds. The number of para-hydroxylation sites is 4. The molecule has 0 aliphatic rings. The van der Waals surface area contributed by atoms with Crippen LogP contribution >= 0.6 is 11.3 Å². The average molecular weight is 412 g/mol. The van der Waals surface area contributed by atoms with E-state index < -0.39 is 21.7 Å². The Morgan fingerprint density at radius 2 is 1.07 bits per heavy atom. The van der Waals surface area contributed by atoms with Crippen molar-refractivity contribution in [3.63, 3.8) is 0 Å². The van der Waals surface area contributed by atoms with Gasteiger partial charge in [-0.3, -0.25) is 29.8 Å². The second-order valence-corrected chi connectivity index (χ2v) is 6.70. The van der Waals surface area contributed by atoms with Crippen molar-refractivity contribution in [1.82, 2.24) is 0 Å². The first kappa shape index (κ1) is 19.6. The summed E-state index contributed by atoms with van der Waals surface area (Å²) in [6.45, 7) is 0. The third kappa shape index (κ3) is 4.42. The molecule has 2 aromatic carbocycles. The number of hydrogen-bond donors (Lipinski definition) is 2. The zero-order valence-electron chi connectivity index (χ0n) is 14.5. The standard InChI is InChI=1S/C18H12N4O6S/c23-17(19-11-5-1-3-7-13(11)21(25)26)15-9-10-16(29-15)18(24)20-12-6-2-4-8-14(12)22(27)28/h1-10H,(H,19,23)(H,20,24). The molecule has 0 radical (unpaired) electrons. The fourth-order valence-electron chi connectivity index (χ4n) is 2.43. The highest BCUT2D eigenvalue weighted by atomic mass is 32.1. The van der Waals surface area contributed by atoms with Crippen molar-refractivity contribution in [3.05, 3.63) is 90.6 Å². The highest BCUT2D eigenvalue weighted by molar-refractivity contribution is 7.16. The number of benzene rings is 2. The summed E-state index contributed by atoms with van der Waals surface area (Å²) in [4.78, 5) is 45.9. The minimum atomic E-state index is -0.617. The molecule has 0 spiro atoms. The van der Waals surface area contributed by atoms with Crippen LogP contribution in [0.1, 0.15) is 19.3 Å². The third-order valence-electron chi connectivity index (χ3n) is 3.75. The van der Waals surface area contributed by atoms with E-state index in [1.54, 1.807) is 12.1 Å². The van der Waals surface area contributed by atoms with Crippen molar-refractivity contribution in [2.75, 3.05) is 10.6 Å².